The average Bonchev–Trinajstić information content (AvgIpc) is 1.62. The maximum atomic E-state index is 4.67. The average molecular weight is 1490 g/mol. The van der Waals surface area contributed by atoms with E-state index < -0.39 is 0 Å². The Morgan fingerprint density at radius 2 is 0.474 bits per heavy atom. The van der Waals surface area contributed by atoms with Gasteiger partial charge < -0.3 is 0 Å². The second-order valence-corrected chi connectivity index (χ2v) is 36.6. The molecule has 0 saturated carbocycles. The molecule has 0 fully saturated rings. The maximum Gasteiger partial charge on any atom is 0.116 e. The highest BCUT2D eigenvalue weighted by Gasteiger charge is 2.41. The molecule has 6 aliphatic carbocycles. The largest absolute Gasteiger partial charge is 0.264 e. The monoisotopic (exact) mass is 1490 g/mol. The zero-order valence-corrected chi connectivity index (χ0v) is 68.7. The van der Waals surface area contributed by atoms with Gasteiger partial charge in [-0.1, -0.05) is 359 Å². The van der Waals surface area contributed by atoms with Crippen molar-refractivity contribution < 1.29 is 0 Å². The topological polar surface area (TPSA) is 90.2 Å². The van der Waals surface area contributed by atoms with Crippen LogP contribution in [0.4, 0.5) is 0 Å². The third-order valence-electron chi connectivity index (χ3n) is 23.7. The zero-order valence-electron chi connectivity index (χ0n) is 68.7. The second kappa shape index (κ2) is 30.5. The maximum absolute atomic E-state index is 4.67. The molecule has 7 nitrogen and oxygen atoms in total. The van der Waals surface area contributed by atoms with E-state index in [1.54, 1.807) is 25.0 Å². The van der Waals surface area contributed by atoms with E-state index in [0.29, 0.717) is 29.6 Å². The SMILES string of the molecule is CC(C)(C)C1c2ccccc2-c2ccncc2-c2ccccc21.CC(C)(C)C1c2ccccc2-c2cncnc2-c2ccccc21.CC(C)(C)C1c2ccccc2-c2cncnc2-c2ccccc21.CC(C)(C)C1c2ccccc2-c2nccnc2-c2ccccc21.CC(C)(C)C1c2ccccc2C2=C(CC=C2)c2ccccc21. The standard InChI is InChI=1S/C22H21N.C22H22.3C21H20N2/c1-22(2,3)21-18-10-6-4-8-15(18)17-12-13-23-14-20(17)16-9-5-7-11-19(16)21;1-22(2,3)21-19-11-6-4-9-17(19)15-13-8-14-16(15)18-10-5-7-12-20(18)21;1-21(2,3)18-14-8-4-6-10-16(14)19-20(23-13-12-22-19)17-11-7-5-9-15(17)18;2*1-21(2,3)19-15-9-5-4-8-14(15)18-12-22-13-23-20(18)17-11-7-6-10-16(17)19/h4-14,21H,1-3H3;4-13,21H,14H2,1-3H3;4-13,18H,1-3H3;2*4-13,19H,1-3H3. The van der Waals surface area contributed by atoms with Gasteiger partial charge in [-0.15, -0.1) is 0 Å². The lowest BCUT2D eigenvalue weighted by molar-refractivity contribution is 0.358. The smallest absolute Gasteiger partial charge is 0.116 e. The van der Waals surface area contributed by atoms with Crippen molar-refractivity contribution in [1.82, 2.24) is 34.9 Å². The van der Waals surface area contributed by atoms with Crippen molar-refractivity contribution in [2.24, 2.45) is 27.1 Å². The minimum absolute atomic E-state index is 0.105. The molecule has 0 spiro atoms. The number of pyridine rings is 1. The van der Waals surface area contributed by atoms with Gasteiger partial charge in [-0.2, -0.15) is 0 Å². The van der Waals surface area contributed by atoms with Crippen LogP contribution in [0.5, 0.6) is 0 Å². The summed E-state index contributed by atoms with van der Waals surface area (Å²) in [6.45, 7) is 34.9. The van der Waals surface area contributed by atoms with E-state index in [4.69, 9.17) is 0 Å². The van der Waals surface area contributed by atoms with E-state index >= 15 is 0 Å². The second-order valence-electron chi connectivity index (χ2n) is 36.6. The Bertz CT molecular complexity index is 5140. The molecule has 0 amide bonds. The highest BCUT2D eigenvalue weighted by atomic mass is 14.8. The van der Waals surface area contributed by atoms with Gasteiger partial charge in [0.1, 0.15) is 12.7 Å². The van der Waals surface area contributed by atoms with Crippen LogP contribution in [0.2, 0.25) is 0 Å². The van der Waals surface area contributed by atoms with Gasteiger partial charge in [0, 0.05) is 106 Å². The van der Waals surface area contributed by atoms with E-state index in [-0.39, 0.29) is 27.1 Å². The van der Waals surface area contributed by atoms with Crippen molar-refractivity contribution in [1.29, 1.82) is 0 Å². The molecule has 0 bridgehead atoms. The van der Waals surface area contributed by atoms with Crippen LogP contribution in [0.15, 0.2) is 311 Å². The number of nitrogens with zero attached hydrogens (tertiary/aromatic N) is 7. The molecular weight excluding hydrogens is 1380 g/mol. The molecule has 114 heavy (non-hydrogen) atoms. The van der Waals surface area contributed by atoms with E-state index in [0.717, 1.165) is 40.3 Å². The quantitative estimate of drug-likeness (QED) is 0.149. The third-order valence-corrected chi connectivity index (χ3v) is 23.7. The molecule has 0 radical (unpaired) electrons. The first-order valence-corrected chi connectivity index (χ1v) is 40.5. The molecule has 20 rings (SSSR count). The van der Waals surface area contributed by atoms with Crippen LogP contribution < -0.4 is 0 Å². The molecule has 0 saturated heterocycles. The van der Waals surface area contributed by atoms with Gasteiger partial charge in [0.15, 0.2) is 0 Å². The van der Waals surface area contributed by atoms with Crippen LogP contribution in [-0.2, 0) is 0 Å². The number of rotatable bonds is 0. The fourth-order valence-electron chi connectivity index (χ4n) is 19.4. The van der Waals surface area contributed by atoms with Gasteiger partial charge in [0.25, 0.3) is 0 Å². The van der Waals surface area contributed by atoms with Crippen LogP contribution in [-0.4, -0.2) is 34.9 Å². The summed E-state index contributed by atoms with van der Waals surface area (Å²) < 4.78 is 0. The highest BCUT2D eigenvalue weighted by Crippen LogP contribution is 2.57. The van der Waals surface area contributed by atoms with Crippen LogP contribution in [0.1, 0.15) is 207 Å². The van der Waals surface area contributed by atoms with Crippen LogP contribution in [0.3, 0.4) is 0 Å². The molecule has 4 atom stereocenters. The van der Waals surface area contributed by atoms with Crippen molar-refractivity contribution >= 4 is 11.1 Å². The Morgan fingerprint density at radius 3 is 0.816 bits per heavy atom. The van der Waals surface area contributed by atoms with Gasteiger partial charge in [-0.25, -0.2) is 19.9 Å². The molecular formula is C107H103N7. The summed E-state index contributed by atoms with van der Waals surface area (Å²) >= 11 is 0. The Hall–Kier alpha value is -11.9. The first-order valence-electron chi connectivity index (χ1n) is 40.5. The summed E-state index contributed by atoms with van der Waals surface area (Å²) in [5.41, 5.74) is 39.1. The molecule has 6 aliphatic rings. The predicted octanol–water partition coefficient (Wildman–Crippen LogP) is 27.9. The number of benzene rings is 10. The van der Waals surface area contributed by atoms with Gasteiger partial charge in [-0.3, -0.25) is 15.0 Å². The molecule has 566 valence electrons. The molecule has 4 heterocycles. The van der Waals surface area contributed by atoms with Crippen molar-refractivity contribution in [3.8, 4) is 89.5 Å². The van der Waals surface area contributed by atoms with Crippen molar-refractivity contribution in [3.05, 3.63) is 377 Å². The number of hydrogen-bond acceptors (Lipinski definition) is 7. The van der Waals surface area contributed by atoms with Gasteiger partial charge >= 0.3 is 0 Å². The first kappa shape index (κ1) is 76.1. The van der Waals surface area contributed by atoms with E-state index in [1.807, 2.05) is 24.8 Å². The van der Waals surface area contributed by atoms with Crippen molar-refractivity contribution in [2.45, 2.75) is 140 Å². The Morgan fingerprint density at radius 1 is 0.219 bits per heavy atom. The lowest BCUT2D eigenvalue weighted by Crippen LogP contribution is -2.21. The molecule has 0 aliphatic heterocycles. The predicted molar refractivity (Wildman–Crippen MR) is 474 cm³/mol. The van der Waals surface area contributed by atoms with Crippen molar-refractivity contribution in [2.75, 3.05) is 0 Å². The fraction of sp³-hybridized carbons (Fsp3) is 0.243. The van der Waals surface area contributed by atoms with Gasteiger partial charge in [-0.05, 0) is 145 Å². The minimum atomic E-state index is 0.105. The Kier molecular flexibility index (Phi) is 20.4. The Labute approximate surface area is 675 Å². The molecule has 4 unspecified atom stereocenters. The number of fused-ring (bicyclic) bond motifs is 24. The fourth-order valence-corrected chi connectivity index (χ4v) is 19.4. The summed E-state index contributed by atoms with van der Waals surface area (Å²) in [6, 6.07) is 89.7. The van der Waals surface area contributed by atoms with E-state index in [9.17, 15) is 0 Å². The summed E-state index contributed by atoms with van der Waals surface area (Å²) in [6.07, 6.45) is 20.3. The lowest BCUT2D eigenvalue weighted by atomic mass is 9.70. The summed E-state index contributed by atoms with van der Waals surface area (Å²) in [4.78, 5) is 31.6. The number of allylic oxidation sites excluding steroid dienone is 4. The first-order chi connectivity index (χ1) is 54.9. The normalized spacial score (nSPS) is 16.2. The van der Waals surface area contributed by atoms with Crippen LogP contribution in [0.25, 0.3) is 101 Å². The molecule has 4 aromatic heterocycles. The minimum Gasteiger partial charge on any atom is -0.264 e. The highest BCUT2D eigenvalue weighted by molar-refractivity contribution is 6.02. The number of aromatic nitrogens is 7. The number of hydrogen-bond donors (Lipinski definition) is 0. The summed E-state index contributed by atoms with van der Waals surface area (Å²) in [5.74, 6) is 1.75. The van der Waals surface area contributed by atoms with E-state index in [2.05, 4.69) is 400 Å². The lowest BCUT2D eigenvalue weighted by Gasteiger charge is -2.33. The molecule has 14 aromatic rings. The Balaban J connectivity index is 0.000000107. The summed E-state index contributed by atoms with van der Waals surface area (Å²) in [5, 5.41) is 0. The zero-order chi connectivity index (χ0) is 79.4. The van der Waals surface area contributed by atoms with Gasteiger partial charge in [0.2, 0.25) is 0 Å². The van der Waals surface area contributed by atoms with Crippen LogP contribution in [0, 0.1) is 27.1 Å². The summed E-state index contributed by atoms with van der Waals surface area (Å²) in [7, 11) is 0. The molecule has 7 heteroatoms. The third kappa shape index (κ3) is 14.3. The van der Waals surface area contributed by atoms with Crippen LogP contribution >= 0.6 is 0 Å². The molecule has 10 aromatic carbocycles. The van der Waals surface area contributed by atoms with E-state index in [1.165, 1.54) is 134 Å². The molecule has 0 N–H and O–H groups in total. The van der Waals surface area contributed by atoms with Gasteiger partial charge in [0.05, 0.1) is 22.8 Å². The van der Waals surface area contributed by atoms with Crippen molar-refractivity contribution in [3.63, 3.8) is 0 Å².